The summed E-state index contributed by atoms with van der Waals surface area (Å²) in [7, 11) is 0. The normalized spacial score (nSPS) is 10.5. The zero-order valence-electron chi connectivity index (χ0n) is 9.24. The molecule has 0 aliphatic heterocycles. The number of nitrogens with one attached hydrogen (secondary N) is 1. The minimum atomic E-state index is 1.12. The molecule has 0 fully saturated rings. The van der Waals surface area contributed by atoms with Crippen molar-refractivity contribution in [3.8, 4) is 0 Å². The molecule has 0 aliphatic carbocycles. The maximum absolute atomic E-state index is 3.43. The van der Waals surface area contributed by atoms with E-state index in [-0.39, 0.29) is 0 Å². The second-order valence-electron chi connectivity index (χ2n) is 3.28. The SMILES string of the molecule is CSCCNCCSCc1ccccc1. The Balaban J connectivity index is 1.93. The lowest BCUT2D eigenvalue weighted by atomic mass is 10.2. The first-order chi connectivity index (χ1) is 7.43. The number of hydrogen-bond donors (Lipinski definition) is 1. The van der Waals surface area contributed by atoms with Gasteiger partial charge in [0.15, 0.2) is 0 Å². The van der Waals surface area contributed by atoms with E-state index in [4.69, 9.17) is 0 Å². The lowest BCUT2D eigenvalue weighted by Gasteiger charge is -2.03. The fourth-order valence-corrected chi connectivity index (χ4v) is 2.42. The second-order valence-corrected chi connectivity index (χ2v) is 5.37. The Morgan fingerprint density at radius 1 is 1.07 bits per heavy atom. The minimum absolute atomic E-state index is 1.12. The van der Waals surface area contributed by atoms with Crippen LogP contribution in [0.5, 0.6) is 0 Å². The minimum Gasteiger partial charge on any atom is -0.315 e. The monoisotopic (exact) mass is 241 g/mol. The molecule has 0 aliphatic rings. The second kappa shape index (κ2) is 9.13. The molecule has 1 rings (SSSR count). The molecule has 3 heteroatoms. The molecule has 0 amide bonds. The highest BCUT2D eigenvalue weighted by Crippen LogP contribution is 2.10. The summed E-state index contributed by atoms with van der Waals surface area (Å²) in [6, 6.07) is 10.7. The Hall–Kier alpha value is -0.120. The van der Waals surface area contributed by atoms with Gasteiger partial charge in [-0.05, 0) is 11.8 Å². The molecule has 1 nitrogen and oxygen atoms in total. The van der Waals surface area contributed by atoms with Gasteiger partial charge in [-0.15, -0.1) is 0 Å². The third-order valence-electron chi connectivity index (χ3n) is 2.02. The van der Waals surface area contributed by atoms with E-state index >= 15 is 0 Å². The summed E-state index contributed by atoms with van der Waals surface area (Å²) < 4.78 is 0. The summed E-state index contributed by atoms with van der Waals surface area (Å²) in [4.78, 5) is 0. The van der Waals surface area contributed by atoms with Gasteiger partial charge in [-0.3, -0.25) is 0 Å². The fraction of sp³-hybridized carbons (Fsp3) is 0.500. The molecule has 0 spiro atoms. The van der Waals surface area contributed by atoms with Crippen molar-refractivity contribution in [2.75, 3.05) is 30.9 Å². The van der Waals surface area contributed by atoms with Crippen LogP contribution >= 0.6 is 23.5 Å². The molecule has 0 radical (unpaired) electrons. The number of benzene rings is 1. The predicted octanol–water partition coefficient (Wildman–Crippen LogP) is 2.87. The summed E-state index contributed by atoms with van der Waals surface area (Å²) in [6.45, 7) is 2.26. The van der Waals surface area contributed by atoms with E-state index in [0.29, 0.717) is 0 Å². The summed E-state index contributed by atoms with van der Waals surface area (Å²) >= 11 is 3.89. The standard InChI is InChI=1S/C12H19NS2/c1-14-9-7-13-8-10-15-11-12-5-3-2-4-6-12/h2-6,13H,7-11H2,1H3. The molecule has 0 heterocycles. The van der Waals surface area contributed by atoms with Gasteiger partial charge in [0.2, 0.25) is 0 Å². The van der Waals surface area contributed by atoms with Crippen molar-refractivity contribution in [1.82, 2.24) is 5.32 Å². The lowest BCUT2D eigenvalue weighted by Crippen LogP contribution is -2.19. The summed E-state index contributed by atoms with van der Waals surface area (Å²) in [5.74, 6) is 3.54. The van der Waals surface area contributed by atoms with Crippen molar-refractivity contribution < 1.29 is 0 Å². The molecule has 84 valence electrons. The summed E-state index contributed by atoms with van der Waals surface area (Å²) in [5, 5.41) is 3.43. The maximum Gasteiger partial charge on any atom is 0.0185 e. The van der Waals surface area contributed by atoms with Gasteiger partial charge in [0.05, 0.1) is 0 Å². The van der Waals surface area contributed by atoms with Crippen LogP contribution < -0.4 is 5.32 Å². The Labute approximate surface area is 101 Å². The van der Waals surface area contributed by atoms with Crippen LogP contribution in [0.2, 0.25) is 0 Å². The number of thioether (sulfide) groups is 2. The maximum atomic E-state index is 3.43. The molecule has 15 heavy (non-hydrogen) atoms. The number of rotatable bonds is 8. The number of hydrogen-bond acceptors (Lipinski definition) is 3. The first-order valence-electron chi connectivity index (χ1n) is 5.25. The Morgan fingerprint density at radius 2 is 1.80 bits per heavy atom. The quantitative estimate of drug-likeness (QED) is 0.703. The van der Waals surface area contributed by atoms with Crippen molar-refractivity contribution >= 4 is 23.5 Å². The van der Waals surface area contributed by atoms with Crippen LogP contribution in [0.3, 0.4) is 0 Å². The average molecular weight is 241 g/mol. The fourth-order valence-electron chi connectivity index (χ4n) is 1.21. The molecule has 1 aromatic carbocycles. The summed E-state index contributed by atoms with van der Waals surface area (Å²) in [5.41, 5.74) is 1.42. The molecular formula is C12H19NS2. The highest BCUT2D eigenvalue weighted by molar-refractivity contribution is 7.98. The van der Waals surface area contributed by atoms with Crippen molar-refractivity contribution in [2.45, 2.75) is 5.75 Å². The van der Waals surface area contributed by atoms with E-state index in [1.54, 1.807) is 0 Å². The van der Waals surface area contributed by atoms with Gasteiger partial charge in [-0.2, -0.15) is 23.5 Å². The van der Waals surface area contributed by atoms with E-state index in [9.17, 15) is 0 Å². The van der Waals surface area contributed by atoms with Gasteiger partial charge >= 0.3 is 0 Å². The van der Waals surface area contributed by atoms with Crippen LogP contribution in [0.4, 0.5) is 0 Å². The molecule has 0 bridgehead atoms. The molecule has 1 N–H and O–H groups in total. The topological polar surface area (TPSA) is 12.0 Å². The molecule has 0 atom stereocenters. The molecular weight excluding hydrogens is 222 g/mol. The van der Waals surface area contributed by atoms with E-state index in [1.807, 2.05) is 23.5 Å². The van der Waals surface area contributed by atoms with Crippen LogP contribution in [0.15, 0.2) is 30.3 Å². The Kier molecular flexibility index (Phi) is 7.88. The van der Waals surface area contributed by atoms with E-state index in [0.717, 1.165) is 18.8 Å². The Bertz CT molecular complexity index is 239. The zero-order chi connectivity index (χ0) is 10.8. The predicted molar refractivity (Wildman–Crippen MR) is 73.9 cm³/mol. The van der Waals surface area contributed by atoms with Gasteiger partial charge in [0.25, 0.3) is 0 Å². The zero-order valence-corrected chi connectivity index (χ0v) is 10.9. The van der Waals surface area contributed by atoms with Gasteiger partial charge in [-0.1, -0.05) is 30.3 Å². The van der Waals surface area contributed by atoms with Crippen molar-refractivity contribution in [3.05, 3.63) is 35.9 Å². The highest BCUT2D eigenvalue weighted by Gasteiger charge is 1.92. The van der Waals surface area contributed by atoms with Gasteiger partial charge in [0.1, 0.15) is 0 Å². The smallest absolute Gasteiger partial charge is 0.0185 e. The molecule has 0 aromatic heterocycles. The van der Waals surface area contributed by atoms with Gasteiger partial charge in [-0.25, -0.2) is 0 Å². The first kappa shape index (κ1) is 12.9. The Morgan fingerprint density at radius 3 is 2.53 bits per heavy atom. The largest absolute Gasteiger partial charge is 0.315 e. The van der Waals surface area contributed by atoms with E-state index < -0.39 is 0 Å². The molecule has 0 saturated heterocycles. The van der Waals surface area contributed by atoms with Crippen molar-refractivity contribution in [2.24, 2.45) is 0 Å². The van der Waals surface area contributed by atoms with Crippen molar-refractivity contribution in [1.29, 1.82) is 0 Å². The van der Waals surface area contributed by atoms with Gasteiger partial charge in [0, 0.05) is 30.3 Å². The molecule has 1 aromatic rings. The van der Waals surface area contributed by atoms with Crippen molar-refractivity contribution in [3.63, 3.8) is 0 Å². The highest BCUT2D eigenvalue weighted by atomic mass is 32.2. The average Bonchev–Trinajstić information content (AvgIpc) is 2.29. The van der Waals surface area contributed by atoms with E-state index in [1.165, 1.54) is 17.1 Å². The molecule has 0 unspecified atom stereocenters. The van der Waals surface area contributed by atoms with Gasteiger partial charge < -0.3 is 5.32 Å². The third-order valence-corrected chi connectivity index (χ3v) is 3.66. The molecule has 0 saturated carbocycles. The van der Waals surface area contributed by atoms with E-state index in [2.05, 4.69) is 41.9 Å². The van der Waals surface area contributed by atoms with Crippen LogP contribution in [-0.4, -0.2) is 30.9 Å². The van der Waals surface area contributed by atoms with Crippen LogP contribution in [0.25, 0.3) is 0 Å². The lowest BCUT2D eigenvalue weighted by molar-refractivity contribution is 0.774. The third kappa shape index (κ3) is 6.88. The van der Waals surface area contributed by atoms with Crippen LogP contribution in [0, 0.1) is 0 Å². The summed E-state index contributed by atoms with van der Waals surface area (Å²) in [6.07, 6.45) is 2.14. The van der Waals surface area contributed by atoms with Crippen LogP contribution in [-0.2, 0) is 5.75 Å². The first-order valence-corrected chi connectivity index (χ1v) is 7.79. The van der Waals surface area contributed by atoms with Crippen LogP contribution in [0.1, 0.15) is 5.56 Å².